The van der Waals surface area contributed by atoms with Crippen molar-refractivity contribution >= 4 is 22.7 Å². The van der Waals surface area contributed by atoms with Crippen LogP contribution in [0.2, 0.25) is 0 Å². The van der Waals surface area contributed by atoms with Gasteiger partial charge >= 0.3 is 0 Å². The Bertz CT molecular complexity index is 856. The first kappa shape index (κ1) is 17.9. The zero-order valence-electron chi connectivity index (χ0n) is 15.0. The van der Waals surface area contributed by atoms with Gasteiger partial charge in [0.1, 0.15) is 11.5 Å². The zero-order chi connectivity index (χ0) is 18.4. The van der Waals surface area contributed by atoms with E-state index < -0.39 is 0 Å². The summed E-state index contributed by atoms with van der Waals surface area (Å²) in [6, 6.07) is 15.6. The second-order valence-electron chi connectivity index (χ2n) is 5.87. The molecule has 2 aromatic carbocycles. The topological polar surface area (TPSA) is 55.7 Å². The van der Waals surface area contributed by atoms with Crippen LogP contribution in [0.3, 0.4) is 0 Å². The number of thiazole rings is 1. The number of methoxy groups -OCH3 is 1. The molecule has 1 heterocycles. The number of anilines is 1. The zero-order valence-corrected chi connectivity index (χ0v) is 15.8. The molecule has 0 amide bonds. The van der Waals surface area contributed by atoms with Gasteiger partial charge in [-0.1, -0.05) is 0 Å². The van der Waals surface area contributed by atoms with Gasteiger partial charge < -0.3 is 9.47 Å². The maximum absolute atomic E-state index is 5.63. The van der Waals surface area contributed by atoms with Crippen LogP contribution >= 0.6 is 11.3 Å². The fourth-order valence-electron chi connectivity index (χ4n) is 2.29. The maximum Gasteiger partial charge on any atom is 0.203 e. The van der Waals surface area contributed by atoms with Gasteiger partial charge in [0, 0.05) is 10.9 Å². The largest absolute Gasteiger partial charge is 0.497 e. The first-order valence-corrected chi connectivity index (χ1v) is 9.18. The molecule has 0 saturated carbocycles. The first-order valence-electron chi connectivity index (χ1n) is 8.30. The van der Waals surface area contributed by atoms with Crippen molar-refractivity contribution in [2.24, 2.45) is 5.10 Å². The van der Waals surface area contributed by atoms with Crippen LogP contribution in [0.15, 0.2) is 59.0 Å². The number of benzene rings is 2. The van der Waals surface area contributed by atoms with Crippen molar-refractivity contribution in [3.05, 3.63) is 59.5 Å². The van der Waals surface area contributed by atoms with E-state index in [0.717, 1.165) is 33.5 Å². The van der Waals surface area contributed by atoms with Gasteiger partial charge in [-0.15, -0.1) is 11.3 Å². The van der Waals surface area contributed by atoms with Crippen molar-refractivity contribution in [2.75, 3.05) is 12.5 Å². The molecule has 0 fully saturated rings. The highest BCUT2D eigenvalue weighted by atomic mass is 32.1. The van der Waals surface area contributed by atoms with E-state index in [1.54, 1.807) is 13.3 Å². The van der Waals surface area contributed by atoms with Crippen LogP contribution in [0.1, 0.15) is 19.4 Å². The van der Waals surface area contributed by atoms with E-state index in [0.29, 0.717) is 0 Å². The molecule has 3 aromatic rings. The van der Waals surface area contributed by atoms with Gasteiger partial charge in [0.05, 0.1) is 25.1 Å². The van der Waals surface area contributed by atoms with Gasteiger partial charge in [0.25, 0.3) is 0 Å². The maximum atomic E-state index is 5.63. The van der Waals surface area contributed by atoms with Gasteiger partial charge in [-0.25, -0.2) is 4.98 Å². The second kappa shape index (κ2) is 8.49. The summed E-state index contributed by atoms with van der Waals surface area (Å²) in [4.78, 5) is 4.55. The SMILES string of the molecule is COc1ccc(-c2csc(N/N=C\c3ccc(OC(C)C)cc3)n2)cc1. The Morgan fingerprint density at radius 2 is 1.73 bits per heavy atom. The number of hydrogen-bond donors (Lipinski definition) is 1. The first-order chi connectivity index (χ1) is 12.6. The molecule has 0 atom stereocenters. The monoisotopic (exact) mass is 367 g/mol. The Labute approximate surface area is 157 Å². The Morgan fingerprint density at radius 1 is 1.04 bits per heavy atom. The highest BCUT2D eigenvalue weighted by molar-refractivity contribution is 7.14. The van der Waals surface area contributed by atoms with Gasteiger partial charge in [0.15, 0.2) is 0 Å². The van der Waals surface area contributed by atoms with E-state index in [1.165, 1.54) is 11.3 Å². The Hall–Kier alpha value is -2.86. The van der Waals surface area contributed by atoms with Crippen LogP contribution < -0.4 is 14.9 Å². The summed E-state index contributed by atoms with van der Waals surface area (Å²) in [6.45, 7) is 4.01. The summed E-state index contributed by atoms with van der Waals surface area (Å²) < 4.78 is 10.8. The van der Waals surface area contributed by atoms with Crippen LogP contribution in [0, 0.1) is 0 Å². The van der Waals surface area contributed by atoms with E-state index in [1.807, 2.05) is 67.8 Å². The molecule has 0 unspecified atom stereocenters. The molecule has 0 bridgehead atoms. The number of rotatable bonds is 7. The molecule has 5 nitrogen and oxygen atoms in total. The van der Waals surface area contributed by atoms with Crippen molar-refractivity contribution in [1.29, 1.82) is 0 Å². The van der Waals surface area contributed by atoms with Crippen molar-refractivity contribution in [2.45, 2.75) is 20.0 Å². The van der Waals surface area contributed by atoms with Crippen LogP contribution in [0.4, 0.5) is 5.13 Å². The standard InChI is InChI=1S/C20H21N3O2S/c1-14(2)25-18-8-4-15(5-9-18)12-21-23-20-22-19(13-26-20)16-6-10-17(24-3)11-7-16/h4-14H,1-3H3,(H,22,23)/b21-12-. The third-order valence-electron chi connectivity index (χ3n) is 3.52. The number of aromatic nitrogens is 1. The second-order valence-corrected chi connectivity index (χ2v) is 6.73. The summed E-state index contributed by atoms with van der Waals surface area (Å²) in [5.74, 6) is 1.69. The Kier molecular flexibility index (Phi) is 5.86. The normalized spacial score (nSPS) is 11.1. The summed E-state index contributed by atoms with van der Waals surface area (Å²) in [6.07, 6.45) is 1.93. The predicted molar refractivity (Wildman–Crippen MR) is 108 cm³/mol. The van der Waals surface area contributed by atoms with E-state index in [9.17, 15) is 0 Å². The third kappa shape index (κ3) is 4.83. The van der Waals surface area contributed by atoms with Crippen molar-refractivity contribution in [3.63, 3.8) is 0 Å². The smallest absolute Gasteiger partial charge is 0.203 e. The minimum absolute atomic E-state index is 0.168. The molecule has 3 rings (SSSR count). The molecule has 0 aliphatic rings. The number of ether oxygens (including phenoxy) is 2. The van der Waals surface area contributed by atoms with E-state index in [2.05, 4.69) is 15.5 Å². The fourth-order valence-corrected chi connectivity index (χ4v) is 2.95. The number of hydrogen-bond acceptors (Lipinski definition) is 6. The van der Waals surface area contributed by atoms with E-state index >= 15 is 0 Å². The lowest BCUT2D eigenvalue weighted by Gasteiger charge is -2.08. The number of hydrazone groups is 1. The average molecular weight is 367 g/mol. The van der Waals surface area contributed by atoms with Crippen molar-refractivity contribution < 1.29 is 9.47 Å². The molecular formula is C20H21N3O2S. The predicted octanol–water partition coefficient (Wildman–Crippen LogP) is 5.05. The molecule has 0 radical (unpaired) electrons. The van der Waals surface area contributed by atoms with E-state index in [4.69, 9.17) is 9.47 Å². The molecule has 134 valence electrons. The molecule has 0 aliphatic carbocycles. The highest BCUT2D eigenvalue weighted by Gasteiger charge is 2.04. The minimum Gasteiger partial charge on any atom is -0.497 e. The molecule has 0 saturated heterocycles. The fraction of sp³-hybridized carbons (Fsp3) is 0.200. The van der Waals surface area contributed by atoms with Crippen LogP contribution in [-0.2, 0) is 0 Å². The quantitative estimate of drug-likeness (QED) is 0.469. The summed E-state index contributed by atoms with van der Waals surface area (Å²) in [5.41, 5.74) is 5.91. The Morgan fingerprint density at radius 3 is 2.38 bits per heavy atom. The molecular weight excluding hydrogens is 346 g/mol. The molecule has 0 spiro atoms. The van der Waals surface area contributed by atoms with Crippen LogP contribution in [0.25, 0.3) is 11.3 Å². The highest BCUT2D eigenvalue weighted by Crippen LogP contribution is 2.26. The summed E-state index contributed by atoms with van der Waals surface area (Å²) in [7, 11) is 1.66. The third-order valence-corrected chi connectivity index (χ3v) is 4.26. The van der Waals surface area contributed by atoms with Gasteiger partial charge in [-0.05, 0) is 67.9 Å². The molecule has 6 heteroatoms. The minimum atomic E-state index is 0.168. The van der Waals surface area contributed by atoms with Crippen LogP contribution in [0.5, 0.6) is 11.5 Å². The molecule has 1 aromatic heterocycles. The Balaban J connectivity index is 1.59. The molecule has 1 N–H and O–H groups in total. The van der Waals surface area contributed by atoms with Crippen LogP contribution in [-0.4, -0.2) is 24.4 Å². The summed E-state index contributed by atoms with van der Waals surface area (Å²) >= 11 is 1.51. The van der Waals surface area contributed by atoms with Gasteiger partial charge in [-0.3, -0.25) is 5.43 Å². The van der Waals surface area contributed by atoms with Gasteiger partial charge in [0.2, 0.25) is 5.13 Å². The van der Waals surface area contributed by atoms with Gasteiger partial charge in [-0.2, -0.15) is 5.10 Å². The lowest BCUT2D eigenvalue weighted by atomic mass is 10.2. The number of nitrogens with one attached hydrogen (secondary N) is 1. The lowest BCUT2D eigenvalue weighted by Crippen LogP contribution is -2.05. The summed E-state index contributed by atoms with van der Waals surface area (Å²) in [5, 5.41) is 6.99. The van der Waals surface area contributed by atoms with Crippen molar-refractivity contribution in [3.8, 4) is 22.8 Å². The lowest BCUT2D eigenvalue weighted by molar-refractivity contribution is 0.242. The average Bonchev–Trinajstić information content (AvgIpc) is 3.12. The molecule has 26 heavy (non-hydrogen) atoms. The number of nitrogens with zero attached hydrogens (tertiary/aromatic N) is 2. The van der Waals surface area contributed by atoms with E-state index in [-0.39, 0.29) is 6.10 Å². The molecule has 0 aliphatic heterocycles. The van der Waals surface area contributed by atoms with Crippen molar-refractivity contribution in [1.82, 2.24) is 4.98 Å².